The zero-order chi connectivity index (χ0) is 43.2. The van der Waals surface area contributed by atoms with Crippen LogP contribution in [0.5, 0.6) is 0 Å². The van der Waals surface area contributed by atoms with Gasteiger partial charge in [0.2, 0.25) is 0 Å². The lowest BCUT2D eigenvalue weighted by atomic mass is 9.80. The summed E-state index contributed by atoms with van der Waals surface area (Å²) >= 11 is 0. The average molecular weight is 814 g/mol. The molecule has 8 aromatic rings. The third kappa shape index (κ3) is 7.04. The van der Waals surface area contributed by atoms with E-state index in [0.717, 1.165) is 41.2 Å². The third-order valence-corrected chi connectivity index (χ3v) is 13.3. The molecular formula is C60H51N3. The maximum atomic E-state index is 5.38. The summed E-state index contributed by atoms with van der Waals surface area (Å²) in [4.78, 5) is 10.7. The number of rotatable bonds is 9. The Bertz CT molecular complexity index is 3320. The number of hydrogen-bond donors (Lipinski definition) is 0. The van der Waals surface area contributed by atoms with E-state index >= 15 is 0 Å². The van der Waals surface area contributed by atoms with E-state index in [2.05, 4.69) is 210 Å². The van der Waals surface area contributed by atoms with Gasteiger partial charge in [-0.3, -0.25) is 0 Å². The van der Waals surface area contributed by atoms with Crippen LogP contribution in [0.3, 0.4) is 0 Å². The fourth-order valence-electron chi connectivity index (χ4n) is 10.1. The SMILES string of the molecule is C=C/C=C\C1=C(C)c2ccc(-c3cc(C4=c5ccccc5=C(n5c(C)c(/C=C(\C)c6ccccc6)c6cc(-c7ccccc7)ccc65)CC4)nc(-c4ccccc4)n3)cc2C1(C)C. The van der Waals surface area contributed by atoms with Gasteiger partial charge in [0, 0.05) is 44.1 Å². The van der Waals surface area contributed by atoms with Crippen LogP contribution in [0.15, 0.2) is 188 Å². The molecule has 0 aliphatic heterocycles. The molecule has 63 heavy (non-hydrogen) atoms. The van der Waals surface area contributed by atoms with Crippen molar-refractivity contribution in [3.05, 3.63) is 232 Å². The van der Waals surface area contributed by atoms with Crippen LogP contribution in [0.1, 0.15) is 74.2 Å². The molecule has 3 heteroatoms. The molecule has 0 amide bonds. The summed E-state index contributed by atoms with van der Waals surface area (Å²) in [5.74, 6) is 0.734. The van der Waals surface area contributed by atoms with Gasteiger partial charge in [-0.2, -0.15) is 0 Å². The summed E-state index contributed by atoms with van der Waals surface area (Å²) < 4.78 is 2.53. The predicted octanol–water partition coefficient (Wildman–Crippen LogP) is 13.8. The van der Waals surface area contributed by atoms with Crippen molar-refractivity contribution in [2.45, 2.75) is 52.9 Å². The number of aromatic nitrogens is 3. The number of hydrogen-bond acceptors (Lipinski definition) is 2. The summed E-state index contributed by atoms with van der Waals surface area (Å²) in [5.41, 5.74) is 20.2. The Hall–Kier alpha value is -7.36. The van der Waals surface area contributed by atoms with Crippen molar-refractivity contribution in [2.24, 2.45) is 0 Å². The molecule has 2 aliphatic rings. The lowest BCUT2D eigenvalue weighted by Gasteiger charge is -2.23. The van der Waals surface area contributed by atoms with Gasteiger partial charge in [-0.05, 0) is 119 Å². The molecule has 0 saturated heterocycles. The number of allylic oxidation sites excluding steroid dienone is 6. The molecule has 306 valence electrons. The van der Waals surface area contributed by atoms with Crippen molar-refractivity contribution >= 4 is 39.4 Å². The van der Waals surface area contributed by atoms with Crippen LogP contribution in [-0.4, -0.2) is 14.5 Å². The van der Waals surface area contributed by atoms with Gasteiger partial charge in [0.15, 0.2) is 5.82 Å². The van der Waals surface area contributed by atoms with Gasteiger partial charge >= 0.3 is 0 Å². The van der Waals surface area contributed by atoms with E-state index in [4.69, 9.17) is 9.97 Å². The molecule has 2 aliphatic carbocycles. The van der Waals surface area contributed by atoms with E-state index in [1.165, 1.54) is 88.4 Å². The van der Waals surface area contributed by atoms with Crippen LogP contribution in [0.25, 0.3) is 73.2 Å². The predicted molar refractivity (Wildman–Crippen MR) is 266 cm³/mol. The molecule has 3 nitrogen and oxygen atoms in total. The molecule has 0 radical (unpaired) electrons. The second-order valence-corrected chi connectivity index (χ2v) is 17.4. The van der Waals surface area contributed by atoms with Crippen LogP contribution in [0.2, 0.25) is 0 Å². The maximum absolute atomic E-state index is 5.38. The van der Waals surface area contributed by atoms with Gasteiger partial charge in [-0.1, -0.05) is 172 Å². The average Bonchev–Trinajstić information content (AvgIpc) is 3.70. The fraction of sp³-hybridized carbons (Fsp3) is 0.133. The summed E-state index contributed by atoms with van der Waals surface area (Å²) in [6.45, 7) is 15.3. The lowest BCUT2D eigenvalue weighted by molar-refractivity contribution is 0.654. The Morgan fingerprint density at radius 1 is 0.651 bits per heavy atom. The minimum absolute atomic E-state index is 0.157. The van der Waals surface area contributed by atoms with Crippen molar-refractivity contribution in [1.29, 1.82) is 0 Å². The van der Waals surface area contributed by atoms with Crippen LogP contribution < -0.4 is 10.4 Å². The molecule has 6 aromatic carbocycles. The van der Waals surface area contributed by atoms with Gasteiger partial charge in [0.1, 0.15) is 0 Å². The van der Waals surface area contributed by atoms with Gasteiger partial charge in [0.05, 0.1) is 16.9 Å². The first kappa shape index (κ1) is 39.8. The molecule has 0 unspecified atom stereocenters. The van der Waals surface area contributed by atoms with Gasteiger partial charge < -0.3 is 4.57 Å². The maximum Gasteiger partial charge on any atom is 0.160 e. The Labute approximate surface area is 371 Å². The van der Waals surface area contributed by atoms with Crippen molar-refractivity contribution in [2.75, 3.05) is 0 Å². The largest absolute Gasteiger partial charge is 0.316 e. The summed E-state index contributed by atoms with van der Waals surface area (Å²) in [5, 5.41) is 3.71. The highest BCUT2D eigenvalue weighted by atomic mass is 15.0. The Balaban J connectivity index is 1.18. The molecule has 0 fully saturated rings. The second-order valence-electron chi connectivity index (χ2n) is 17.4. The Morgan fingerprint density at radius 3 is 2.03 bits per heavy atom. The van der Waals surface area contributed by atoms with Crippen LogP contribution in [0.4, 0.5) is 0 Å². The van der Waals surface area contributed by atoms with Crippen LogP contribution >= 0.6 is 0 Å². The lowest BCUT2D eigenvalue weighted by Crippen LogP contribution is -2.34. The second kappa shape index (κ2) is 16.2. The zero-order valence-electron chi connectivity index (χ0n) is 36.8. The quantitative estimate of drug-likeness (QED) is 0.136. The van der Waals surface area contributed by atoms with E-state index in [-0.39, 0.29) is 5.41 Å². The molecule has 0 spiro atoms. The standard InChI is InChI=1S/C60H51N3/c1-7-8-28-53-40(3)47-31-29-46(37-54(47)60(53,5)6)55-38-56(62-59(61-55)44-24-16-11-17-25-44)49-32-34-57(50-27-19-18-26-48(49)50)63-41(4)51(35-39(2)42-20-12-9-13-21-42)52-36-45(30-33-58(52)63)43-22-14-10-15-23-43/h7-31,33,35-38H,1,32,34H2,2-6H3/b28-8-,39-35+. The fourth-order valence-corrected chi connectivity index (χ4v) is 10.1. The van der Waals surface area contributed by atoms with E-state index in [0.29, 0.717) is 0 Å². The highest BCUT2D eigenvalue weighted by Gasteiger charge is 2.35. The van der Waals surface area contributed by atoms with Crippen LogP contribution in [-0.2, 0) is 5.41 Å². The summed E-state index contributed by atoms with van der Waals surface area (Å²) in [7, 11) is 0. The van der Waals surface area contributed by atoms with Crippen molar-refractivity contribution < 1.29 is 0 Å². The first-order valence-corrected chi connectivity index (χ1v) is 22.1. The number of nitrogens with zero attached hydrogens (tertiary/aromatic N) is 3. The minimum Gasteiger partial charge on any atom is -0.316 e. The van der Waals surface area contributed by atoms with Crippen molar-refractivity contribution in [3.63, 3.8) is 0 Å². The molecule has 10 rings (SSSR count). The molecule has 2 heterocycles. The normalized spacial score (nSPS) is 14.7. The molecular weight excluding hydrogens is 763 g/mol. The van der Waals surface area contributed by atoms with Gasteiger partial charge in [0.25, 0.3) is 0 Å². The minimum atomic E-state index is -0.157. The molecule has 0 N–H and O–H groups in total. The first-order chi connectivity index (χ1) is 30.7. The highest BCUT2D eigenvalue weighted by Crippen LogP contribution is 2.48. The smallest absolute Gasteiger partial charge is 0.160 e. The van der Waals surface area contributed by atoms with E-state index in [1.54, 1.807) is 0 Å². The summed E-state index contributed by atoms with van der Waals surface area (Å²) in [6, 6.07) is 56.8. The van der Waals surface area contributed by atoms with Crippen molar-refractivity contribution in [1.82, 2.24) is 14.5 Å². The molecule has 0 saturated carbocycles. The number of fused-ring (bicyclic) bond motifs is 3. The Morgan fingerprint density at radius 2 is 1.30 bits per heavy atom. The van der Waals surface area contributed by atoms with Gasteiger partial charge in [-0.15, -0.1) is 0 Å². The van der Waals surface area contributed by atoms with Crippen molar-refractivity contribution in [3.8, 4) is 33.8 Å². The molecule has 2 aromatic heterocycles. The van der Waals surface area contributed by atoms with E-state index in [1.807, 2.05) is 18.2 Å². The topological polar surface area (TPSA) is 30.7 Å². The number of benzene rings is 6. The summed E-state index contributed by atoms with van der Waals surface area (Å²) in [6.07, 6.45) is 10.2. The van der Waals surface area contributed by atoms with Crippen LogP contribution in [0, 0.1) is 6.92 Å². The monoisotopic (exact) mass is 813 g/mol. The molecule has 0 atom stereocenters. The van der Waals surface area contributed by atoms with E-state index < -0.39 is 0 Å². The third-order valence-electron chi connectivity index (χ3n) is 13.3. The molecule has 0 bridgehead atoms. The zero-order valence-corrected chi connectivity index (χ0v) is 36.8. The first-order valence-electron chi connectivity index (χ1n) is 22.1. The highest BCUT2D eigenvalue weighted by molar-refractivity contribution is 6.00. The van der Waals surface area contributed by atoms with E-state index in [9.17, 15) is 0 Å². The Kier molecular flexibility index (Phi) is 10.2. The van der Waals surface area contributed by atoms with Gasteiger partial charge in [-0.25, -0.2) is 9.97 Å².